The summed E-state index contributed by atoms with van der Waals surface area (Å²) in [5.74, 6) is 1.20. The van der Waals surface area contributed by atoms with Crippen molar-refractivity contribution >= 4 is 41.5 Å². The number of piperazine rings is 1. The summed E-state index contributed by atoms with van der Waals surface area (Å²) in [6.45, 7) is 6.59. The number of anilines is 1. The number of aromatic hydroxyl groups is 1. The summed E-state index contributed by atoms with van der Waals surface area (Å²) in [7, 11) is 1.76. The maximum atomic E-state index is 11.6. The first-order valence-electron chi connectivity index (χ1n) is 8.91. The highest BCUT2D eigenvalue weighted by atomic mass is 127. The number of amides is 1. The van der Waals surface area contributed by atoms with Crippen LogP contribution in [0.5, 0.6) is 5.75 Å². The Labute approximate surface area is 172 Å². The van der Waals surface area contributed by atoms with Gasteiger partial charge >= 0.3 is 0 Å². The highest BCUT2D eigenvalue weighted by Crippen LogP contribution is 2.27. The van der Waals surface area contributed by atoms with Crippen LogP contribution < -0.4 is 15.5 Å². The first kappa shape index (κ1) is 22.3. The number of nitrogens with one attached hydrogen (secondary N) is 2. The minimum absolute atomic E-state index is 0. The smallest absolute Gasteiger partial charge is 0.221 e. The third-order valence-corrected chi connectivity index (χ3v) is 4.22. The van der Waals surface area contributed by atoms with E-state index in [1.165, 1.54) is 0 Å². The third kappa shape index (κ3) is 6.54. The van der Waals surface area contributed by atoms with E-state index < -0.39 is 0 Å². The molecule has 146 valence electrons. The lowest BCUT2D eigenvalue weighted by atomic mass is 10.2. The molecular weight excluding hydrogens is 445 g/mol. The van der Waals surface area contributed by atoms with E-state index in [9.17, 15) is 9.90 Å². The SMILES string of the molecule is CCCNC(=O)CCNC(=NC)N1CCN(c2ccccc2O)CC1.I. The van der Waals surface area contributed by atoms with E-state index in [2.05, 4.69) is 25.4 Å². The Kier molecular flexibility index (Phi) is 10.2. The molecule has 3 N–H and O–H groups in total. The number of guanidine groups is 1. The molecule has 0 aromatic heterocycles. The predicted molar refractivity (Wildman–Crippen MR) is 117 cm³/mol. The van der Waals surface area contributed by atoms with Gasteiger partial charge in [0.05, 0.1) is 5.69 Å². The zero-order chi connectivity index (χ0) is 18.1. The van der Waals surface area contributed by atoms with Crippen molar-refractivity contribution in [2.45, 2.75) is 19.8 Å². The fourth-order valence-electron chi connectivity index (χ4n) is 2.86. The van der Waals surface area contributed by atoms with Crippen LogP contribution >= 0.6 is 24.0 Å². The third-order valence-electron chi connectivity index (χ3n) is 4.22. The zero-order valence-corrected chi connectivity index (χ0v) is 17.9. The topological polar surface area (TPSA) is 80.2 Å². The van der Waals surface area contributed by atoms with Crippen molar-refractivity contribution < 1.29 is 9.90 Å². The maximum Gasteiger partial charge on any atom is 0.221 e. The number of phenols is 1. The lowest BCUT2D eigenvalue weighted by Gasteiger charge is -2.37. The second kappa shape index (κ2) is 11.8. The second-order valence-electron chi connectivity index (χ2n) is 6.04. The minimum Gasteiger partial charge on any atom is -0.506 e. The molecule has 0 aliphatic carbocycles. The van der Waals surface area contributed by atoms with Gasteiger partial charge in [0, 0.05) is 52.7 Å². The largest absolute Gasteiger partial charge is 0.506 e. The van der Waals surface area contributed by atoms with Gasteiger partial charge in [-0.2, -0.15) is 0 Å². The lowest BCUT2D eigenvalue weighted by Crippen LogP contribution is -2.52. The monoisotopic (exact) mass is 475 g/mol. The van der Waals surface area contributed by atoms with Crippen LogP contribution in [0.2, 0.25) is 0 Å². The van der Waals surface area contributed by atoms with E-state index in [0.717, 1.165) is 50.8 Å². The summed E-state index contributed by atoms with van der Waals surface area (Å²) in [5, 5.41) is 16.1. The molecule has 1 amide bonds. The molecule has 1 aromatic rings. The molecule has 0 radical (unpaired) electrons. The van der Waals surface area contributed by atoms with E-state index in [4.69, 9.17) is 0 Å². The van der Waals surface area contributed by atoms with Crippen molar-refractivity contribution in [3.63, 3.8) is 0 Å². The molecule has 0 unspecified atom stereocenters. The van der Waals surface area contributed by atoms with Crippen LogP contribution in [0.3, 0.4) is 0 Å². The van der Waals surface area contributed by atoms with E-state index >= 15 is 0 Å². The summed E-state index contributed by atoms with van der Waals surface area (Å²) in [4.78, 5) is 20.3. The zero-order valence-electron chi connectivity index (χ0n) is 15.6. The fraction of sp³-hybridized carbons (Fsp3) is 0.556. The number of rotatable bonds is 6. The Balaban J connectivity index is 0.00000338. The van der Waals surface area contributed by atoms with Gasteiger partial charge in [0.25, 0.3) is 0 Å². The molecule has 26 heavy (non-hydrogen) atoms. The number of carbonyl (C=O) groups is 1. The van der Waals surface area contributed by atoms with Crippen LogP contribution in [0.4, 0.5) is 5.69 Å². The molecule has 1 aliphatic rings. The fourth-order valence-corrected chi connectivity index (χ4v) is 2.86. The van der Waals surface area contributed by atoms with Crippen molar-refractivity contribution in [2.75, 3.05) is 51.2 Å². The van der Waals surface area contributed by atoms with Crippen LogP contribution in [-0.4, -0.2) is 68.2 Å². The Morgan fingerprint density at radius 2 is 1.85 bits per heavy atom. The van der Waals surface area contributed by atoms with Crippen molar-refractivity contribution in [1.82, 2.24) is 15.5 Å². The molecule has 0 bridgehead atoms. The molecule has 0 spiro atoms. The standard InChI is InChI=1S/C18H29N5O2.HI/c1-3-9-20-17(25)8-10-21-18(19-2)23-13-11-22(12-14-23)15-6-4-5-7-16(15)24;/h4-7,24H,3,8-14H2,1-2H3,(H,19,21)(H,20,25);1H. The first-order valence-corrected chi connectivity index (χ1v) is 8.91. The summed E-state index contributed by atoms with van der Waals surface area (Å²) < 4.78 is 0. The van der Waals surface area contributed by atoms with Gasteiger partial charge in [-0.15, -0.1) is 24.0 Å². The number of nitrogens with zero attached hydrogens (tertiary/aromatic N) is 3. The van der Waals surface area contributed by atoms with Crippen molar-refractivity contribution in [3.8, 4) is 5.75 Å². The van der Waals surface area contributed by atoms with Crippen LogP contribution in [0.1, 0.15) is 19.8 Å². The summed E-state index contributed by atoms with van der Waals surface area (Å²) >= 11 is 0. The number of aliphatic imine (C=N–C) groups is 1. The van der Waals surface area contributed by atoms with E-state index in [1.54, 1.807) is 13.1 Å². The predicted octanol–water partition coefficient (Wildman–Crippen LogP) is 1.62. The number of hydrogen-bond donors (Lipinski definition) is 3. The average Bonchev–Trinajstić information content (AvgIpc) is 2.64. The molecule has 1 fully saturated rings. The number of hydrogen-bond acceptors (Lipinski definition) is 4. The quantitative estimate of drug-likeness (QED) is 0.331. The number of para-hydroxylation sites is 2. The molecule has 0 saturated carbocycles. The second-order valence-corrected chi connectivity index (χ2v) is 6.04. The summed E-state index contributed by atoms with van der Waals surface area (Å²) in [6, 6.07) is 7.42. The summed E-state index contributed by atoms with van der Waals surface area (Å²) in [6.07, 6.45) is 1.39. The number of phenolic OH excluding ortho intramolecular Hbond substituents is 1. The molecule has 1 aliphatic heterocycles. The molecular formula is C18H30IN5O2. The Bertz CT molecular complexity index is 589. The molecule has 8 heteroatoms. The van der Waals surface area contributed by atoms with E-state index in [0.29, 0.717) is 18.7 Å². The highest BCUT2D eigenvalue weighted by molar-refractivity contribution is 14.0. The molecule has 1 saturated heterocycles. The van der Waals surface area contributed by atoms with Crippen LogP contribution in [-0.2, 0) is 4.79 Å². The normalized spacial score (nSPS) is 14.6. The van der Waals surface area contributed by atoms with E-state index in [-0.39, 0.29) is 29.9 Å². The molecule has 0 atom stereocenters. The molecule has 2 rings (SSSR count). The lowest BCUT2D eigenvalue weighted by molar-refractivity contribution is -0.120. The average molecular weight is 475 g/mol. The van der Waals surface area contributed by atoms with Gasteiger partial charge in [0.1, 0.15) is 5.75 Å². The van der Waals surface area contributed by atoms with Crippen LogP contribution in [0, 0.1) is 0 Å². The van der Waals surface area contributed by atoms with Gasteiger partial charge in [-0.3, -0.25) is 9.79 Å². The van der Waals surface area contributed by atoms with Crippen LogP contribution in [0.25, 0.3) is 0 Å². The van der Waals surface area contributed by atoms with Gasteiger partial charge in [0.15, 0.2) is 5.96 Å². The Hall–Kier alpha value is -1.71. The Morgan fingerprint density at radius 1 is 1.15 bits per heavy atom. The number of carbonyl (C=O) groups excluding carboxylic acids is 1. The Morgan fingerprint density at radius 3 is 2.46 bits per heavy atom. The van der Waals surface area contributed by atoms with Gasteiger partial charge in [0.2, 0.25) is 5.91 Å². The van der Waals surface area contributed by atoms with Crippen LogP contribution in [0.15, 0.2) is 29.3 Å². The highest BCUT2D eigenvalue weighted by Gasteiger charge is 2.21. The van der Waals surface area contributed by atoms with Gasteiger partial charge in [-0.25, -0.2) is 0 Å². The number of halogens is 1. The first-order chi connectivity index (χ1) is 12.2. The van der Waals surface area contributed by atoms with Gasteiger partial charge in [-0.05, 0) is 18.6 Å². The minimum atomic E-state index is 0. The molecule has 1 heterocycles. The molecule has 7 nitrogen and oxygen atoms in total. The number of benzene rings is 1. The van der Waals surface area contributed by atoms with Gasteiger partial charge in [-0.1, -0.05) is 19.1 Å². The van der Waals surface area contributed by atoms with Gasteiger partial charge < -0.3 is 25.5 Å². The van der Waals surface area contributed by atoms with Crippen molar-refractivity contribution in [1.29, 1.82) is 0 Å². The molecule has 1 aromatic carbocycles. The maximum absolute atomic E-state index is 11.6. The van der Waals surface area contributed by atoms with Crippen molar-refractivity contribution in [3.05, 3.63) is 24.3 Å². The van der Waals surface area contributed by atoms with E-state index in [1.807, 2.05) is 25.1 Å². The summed E-state index contributed by atoms with van der Waals surface area (Å²) in [5.41, 5.74) is 0.873. The van der Waals surface area contributed by atoms with Crippen molar-refractivity contribution in [2.24, 2.45) is 4.99 Å².